The van der Waals surface area contributed by atoms with Crippen molar-refractivity contribution in [3.8, 4) is 17.0 Å². The number of hydrogen-bond donors (Lipinski definition) is 2. The summed E-state index contributed by atoms with van der Waals surface area (Å²) in [6.07, 6.45) is 5.26. The van der Waals surface area contributed by atoms with Gasteiger partial charge in [0.05, 0.1) is 10.6 Å². The Labute approximate surface area is 234 Å². The van der Waals surface area contributed by atoms with Gasteiger partial charge in [-0.25, -0.2) is 17.4 Å². The van der Waals surface area contributed by atoms with Gasteiger partial charge in [0, 0.05) is 49.4 Å². The van der Waals surface area contributed by atoms with E-state index in [1.165, 1.54) is 3.97 Å². The molecule has 0 aliphatic carbocycles. The third kappa shape index (κ3) is 5.10. The van der Waals surface area contributed by atoms with E-state index in [0.717, 1.165) is 37.4 Å². The first-order valence-electron chi connectivity index (χ1n) is 13.3. The molecule has 0 amide bonds. The van der Waals surface area contributed by atoms with Crippen molar-refractivity contribution in [1.82, 2.24) is 23.5 Å². The standard InChI is InChI=1S/C29H29BN6O3S/c30-25-18-32-36-28(16-26(33-29(25)36)24-12-4-5-13-27(24)37)31-17-21-8-6-14-34(19-21)20-22-9-7-15-35(22)40(38,39)23-10-2-1-3-11-23/h1-5,7,9-13,15-16,18,21,31,37H,6,8,14,17,19-20H2. The number of nitrogens with one attached hydrogen (secondary N) is 1. The van der Waals surface area contributed by atoms with Crippen molar-refractivity contribution in [3.63, 3.8) is 0 Å². The summed E-state index contributed by atoms with van der Waals surface area (Å²) in [5.41, 5.74) is 2.94. The molecule has 1 aliphatic rings. The molecule has 1 unspecified atom stereocenters. The van der Waals surface area contributed by atoms with E-state index in [1.807, 2.05) is 30.3 Å². The van der Waals surface area contributed by atoms with Crippen LogP contribution in [0.1, 0.15) is 18.5 Å². The van der Waals surface area contributed by atoms with Crippen molar-refractivity contribution >= 4 is 34.8 Å². The molecule has 2 N–H and O–H groups in total. The summed E-state index contributed by atoms with van der Waals surface area (Å²) in [6.45, 7) is 2.96. The van der Waals surface area contributed by atoms with Gasteiger partial charge >= 0.3 is 0 Å². The zero-order valence-electron chi connectivity index (χ0n) is 21.9. The maximum Gasteiger partial charge on any atom is 0.267 e. The normalized spacial score (nSPS) is 16.4. The third-order valence-corrected chi connectivity index (χ3v) is 9.07. The number of phenols is 1. The molecule has 1 aliphatic heterocycles. The highest BCUT2D eigenvalue weighted by atomic mass is 32.2. The van der Waals surface area contributed by atoms with E-state index in [4.69, 9.17) is 7.85 Å². The Morgan fingerprint density at radius 1 is 1.05 bits per heavy atom. The van der Waals surface area contributed by atoms with Crippen molar-refractivity contribution in [2.75, 3.05) is 25.0 Å². The Morgan fingerprint density at radius 2 is 1.85 bits per heavy atom. The molecule has 1 fully saturated rings. The lowest BCUT2D eigenvalue weighted by atomic mass is 9.98. The Hall–Kier alpha value is -4.09. The van der Waals surface area contributed by atoms with E-state index < -0.39 is 10.0 Å². The second kappa shape index (κ2) is 10.8. The first-order valence-corrected chi connectivity index (χ1v) is 14.7. The van der Waals surface area contributed by atoms with Crippen molar-refractivity contribution < 1.29 is 13.5 Å². The maximum absolute atomic E-state index is 13.2. The number of para-hydroxylation sites is 1. The molecule has 5 aromatic rings. The predicted molar refractivity (Wildman–Crippen MR) is 155 cm³/mol. The number of anilines is 1. The number of aromatic hydroxyl groups is 1. The largest absolute Gasteiger partial charge is 0.507 e. The van der Waals surface area contributed by atoms with Gasteiger partial charge in [0.2, 0.25) is 0 Å². The Kier molecular flexibility index (Phi) is 7.08. The topological polar surface area (TPSA) is 105 Å². The zero-order chi connectivity index (χ0) is 27.7. The SMILES string of the molecule is [B]c1cnn2c(NCC3CCCN(Cc4cccn4S(=O)(=O)c4ccccc4)C3)cc(-c3ccccc3O)nc12. The molecular formula is C29H29BN6O3S. The molecule has 40 heavy (non-hydrogen) atoms. The molecule has 1 saturated heterocycles. The average Bonchev–Trinajstić information content (AvgIpc) is 3.60. The number of phenolic OH excluding ortho intramolecular Hbond substituents is 1. The Bertz CT molecular complexity index is 1750. The molecular weight excluding hydrogens is 523 g/mol. The minimum Gasteiger partial charge on any atom is -0.507 e. The van der Waals surface area contributed by atoms with E-state index >= 15 is 0 Å². The second-order valence-corrected chi connectivity index (χ2v) is 11.9. The third-order valence-electron chi connectivity index (χ3n) is 7.33. The van der Waals surface area contributed by atoms with E-state index in [1.54, 1.807) is 59.4 Å². The van der Waals surface area contributed by atoms with Crippen molar-refractivity contribution in [1.29, 1.82) is 0 Å². The lowest BCUT2D eigenvalue weighted by molar-refractivity contribution is 0.171. The van der Waals surface area contributed by atoms with Gasteiger partial charge in [0.1, 0.15) is 19.4 Å². The Balaban J connectivity index is 1.18. The molecule has 2 radical (unpaired) electrons. The molecule has 11 heteroatoms. The van der Waals surface area contributed by atoms with Gasteiger partial charge in [-0.15, -0.1) is 0 Å². The highest BCUT2D eigenvalue weighted by molar-refractivity contribution is 7.90. The summed E-state index contributed by atoms with van der Waals surface area (Å²) in [4.78, 5) is 7.23. The molecule has 9 nitrogen and oxygen atoms in total. The highest BCUT2D eigenvalue weighted by Crippen LogP contribution is 2.29. The van der Waals surface area contributed by atoms with Gasteiger partial charge in [0.15, 0.2) is 5.65 Å². The molecule has 6 rings (SSSR count). The molecule has 0 spiro atoms. The summed E-state index contributed by atoms with van der Waals surface area (Å²) in [6, 6.07) is 21.1. The first-order chi connectivity index (χ1) is 19.4. The van der Waals surface area contributed by atoms with Gasteiger partial charge in [-0.05, 0) is 67.2 Å². The van der Waals surface area contributed by atoms with Crippen LogP contribution in [-0.2, 0) is 16.6 Å². The van der Waals surface area contributed by atoms with E-state index in [-0.39, 0.29) is 10.6 Å². The monoisotopic (exact) mass is 552 g/mol. The number of aromatic nitrogens is 4. The molecule has 0 bridgehead atoms. The number of likely N-dealkylation sites (tertiary alicyclic amines) is 1. The smallest absolute Gasteiger partial charge is 0.267 e. The van der Waals surface area contributed by atoms with Gasteiger partial charge in [0.25, 0.3) is 10.0 Å². The van der Waals surface area contributed by atoms with E-state index in [9.17, 15) is 13.5 Å². The number of piperidine rings is 1. The van der Waals surface area contributed by atoms with Crippen LogP contribution in [0.25, 0.3) is 16.9 Å². The molecule has 0 saturated carbocycles. The van der Waals surface area contributed by atoms with Gasteiger partial charge < -0.3 is 10.4 Å². The Morgan fingerprint density at radius 3 is 2.67 bits per heavy atom. The lowest BCUT2D eigenvalue weighted by Gasteiger charge is -2.33. The van der Waals surface area contributed by atoms with Crippen LogP contribution in [0.5, 0.6) is 5.75 Å². The molecule has 4 heterocycles. The minimum atomic E-state index is -3.65. The molecule has 1 atom stereocenters. The number of hydrogen-bond acceptors (Lipinski definition) is 7. The molecule has 202 valence electrons. The fourth-order valence-corrected chi connectivity index (χ4v) is 6.72. The fourth-order valence-electron chi connectivity index (χ4n) is 5.34. The van der Waals surface area contributed by atoms with E-state index in [0.29, 0.717) is 41.4 Å². The molecule has 3 aromatic heterocycles. The van der Waals surface area contributed by atoms with Crippen LogP contribution in [0.4, 0.5) is 5.82 Å². The highest BCUT2D eigenvalue weighted by Gasteiger charge is 2.24. The number of rotatable bonds is 8. The number of benzene rings is 2. The summed E-state index contributed by atoms with van der Waals surface area (Å²) in [5, 5.41) is 18.3. The van der Waals surface area contributed by atoms with Gasteiger partial charge in [-0.2, -0.15) is 9.61 Å². The van der Waals surface area contributed by atoms with Gasteiger partial charge in [-0.3, -0.25) is 4.90 Å². The number of nitrogens with zero attached hydrogens (tertiary/aromatic N) is 5. The van der Waals surface area contributed by atoms with Gasteiger partial charge in [-0.1, -0.05) is 30.3 Å². The minimum absolute atomic E-state index is 0.144. The quantitative estimate of drug-likeness (QED) is 0.285. The van der Waals surface area contributed by atoms with Crippen molar-refractivity contribution in [2.24, 2.45) is 5.92 Å². The van der Waals surface area contributed by atoms with Crippen LogP contribution < -0.4 is 10.8 Å². The summed E-state index contributed by atoms with van der Waals surface area (Å²) >= 11 is 0. The molecule has 2 aromatic carbocycles. The summed E-state index contributed by atoms with van der Waals surface area (Å²) in [5.74, 6) is 1.22. The van der Waals surface area contributed by atoms with E-state index in [2.05, 4.69) is 20.3 Å². The van der Waals surface area contributed by atoms with Crippen molar-refractivity contribution in [2.45, 2.75) is 24.3 Å². The van der Waals surface area contributed by atoms with Crippen LogP contribution in [0.2, 0.25) is 0 Å². The zero-order valence-corrected chi connectivity index (χ0v) is 22.7. The van der Waals surface area contributed by atoms with Crippen LogP contribution in [0, 0.1) is 5.92 Å². The second-order valence-electron chi connectivity index (χ2n) is 10.1. The maximum atomic E-state index is 13.2. The lowest BCUT2D eigenvalue weighted by Crippen LogP contribution is -2.38. The summed E-state index contributed by atoms with van der Waals surface area (Å²) in [7, 11) is 2.49. The fraction of sp³-hybridized carbons (Fsp3) is 0.241. The van der Waals surface area contributed by atoms with Crippen LogP contribution in [0.3, 0.4) is 0 Å². The number of fused-ring (bicyclic) bond motifs is 1. The predicted octanol–water partition coefficient (Wildman–Crippen LogP) is 3.26. The van der Waals surface area contributed by atoms with Crippen LogP contribution in [0.15, 0.2) is 90.1 Å². The van der Waals surface area contributed by atoms with Crippen molar-refractivity contribution in [3.05, 3.63) is 90.9 Å². The van der Waals surface area contributed by atoms with Crippen LogP contribution >= 0.6 is 0 Å². The average molecular weight is 552 g/mol. The summed E-state index contributed by atoms with van der Waals surface area (Å²) < 4.78 is 29.5. The van der Waals surface area contributed by atoms with Crippen LogP contribution in [-0.4, -0.2) is 64.5 Å². The first kappa shape index (κ1) is 26.2.